The fourth-order valence-electron chi connectivity index (χ4n) is 1.90. The van der Waals surface area contributed by atoms with Crippen molar-refractivity contribution in [1.82, 2.24) is 4.98 Å². The molecule has 4 heteroatoms. The lowest BCUT2D eigenvalue weighted by molar-refractivity contribution is 0.619. The van der Waals surface area contributed by atoms with Crippen LogP contribution in [0.25, 0.3) is 22.6 Å². The van der Waals surface area contributed by atoms with Crippen LogP contribution in [0, 0.1) is 6.92 Å². The monoisotopic (exact) mass is 258 g/mol. The predicted octanol–water partition coefficient (Wildman–Crippen LogP) is 4.04. The van der Waals surface area contributed by atoms with Crippen LogP contribution >= 0.6 is 11.6 Å². The highest BCUT2D eigenvalue weighted by molar-refractivity contribution is 6.31. The number of aromatic nitrogens is 1. The van der Waals surface area contributed by atoms with Crippen LogP contribution in [0.3, 0.4) is 0 Å². The highest BCUT2D eigenvalue weighted by Crippen LogP contribution is 2.30. The molecule has 0 aliphatic heterocycles. The van der Waals surface area contributed by atoms with Crippen molar-refractivity contribution in [3.8, 4) is 11.5 Å². The summed E-state index contributed by atoms with van der Waals surface area (Å²) in [5.41, 5.74) is 9.73. The lowest BCUT2D eigenvalue weighted by Gasteiger charge is -2.02. The molecule has 2 aromatic carbocycles. The quantitative estimate of drug-likeness (QED) is 0.670. The van der Waals surface area contributed by atoms with Gasteiger partial charge in [0.1, 0.15) is 5.52 Å². The Labute approximate surface area is 109 Å². The number of oxazole rings is 1. The summed E-state index contributed by atoms with van der Waals surface area (Å²) in [7, 11) is 0. The van der Waals surface area contributed by atoms with Gasteiger partial charge in [0.2, 0.25) is 5.89 Å². The van der Waals surface area contributed by atoms with E-state index in [9.17, 15) is 0 Å². The van der Waals surface area contributed by atoms with Gasteiger partial charge < -0.3 is 10.2 Å². The normalized spacial score (nSPS) is 11.0. The van der Waals surface area contributed by atoms with E-state index in [0.717, 1.165) is 22.2 Å². The highest BCUT2D eigenvalue weighted by atomic mass is 35.5. The first-order valence-corrected chi connectivity index (χ1v) is 5.94. The van der Waals surface area contributed by atoms with Crippen molar-refractivity contribution in [1.29, 1.82) is 0 Å². The molecule has 18 heavy (non-hydrogen) atoms. The Bertz CT molecular complexity index is 734. The van der Waals surface area contributed by atoms with Crippen LogP contribution in [0.2, 0.25) is 5.02 Å². The van der Waals surface area contributed by atoms with Gasteiger partial charge in [0.25, 0.3) is 0 Å². The van der Waals surface area contributed by atoms with E-state index in [2.05, 4.69) is 4.98 Å². The van der Waals surface area contributed by atoms with Crippen LogP contribution in [0.5, 0.6) is 0 Å². The van der Waals surface area contributed by atoms with Crippen molar-refractivity contribution in [2.24, 2.45) is 0 Å². The molecule has 0 saturated carbocycles. The number of hydrogen-bond acceptors (Lipinski definition) is 3. The molecule has 1 aromatic heterocycles. The van der Waals surface area contributed by atoms with Gasteiger partial charge in [-0.25, -0.2) is 4.98 Å². The Hall–Kier alpha value is -2.00. The zero-order valence-corrected chi connectivity index (χ0v) is 10.5. The Morgan fingerprint density at radius 2 is 2.06 bits per heavy atom. The zero-order valence-electron chi connectivity index (χ0n) is 9.77. The van der Waals surface area contributed by atoms with Crippen LogP contribution < -0.4 is 5.73 Å². The van der Waals surface area contributed by atoms with Gasteiger partial charge in [-0.2, -0.15) is 0 Å². The summed E-state index contributed by atoms with van der Waals surface area (Å²) in [5.74, 6) is 0.565. The first-order valence-electron chi connectivity index (χ1n) is 5.57. The fraction of sp³-hybridized carbons (Fsp3) is 0.0714. The number of benzene rings is 2. The molecule has 3 rings (SSSR count). The van der Waals surface area contributed by atoms with Gasteiger partial charge in [0.15, 0.2) is 5.58 Å². The summed E-state index contributed by atoms with van der Waals surface area (Å²) >= 11 is 6.10. The van der Waals surface area contributed by atoms with Crippen LogP contribution in [0.4, 0.5) is 5.69 Å². The molecule has 0 bridgehead atoms. The number of nitrogen functional groups attached to an aromatic ring is 1. The van der Waals surface area contributed by atoms with Crippen molar-refractivity contribution in [3.05, 3.63) is 47.0 Å². The predicted molar refractivity (Wildman–Crippen MR) is 73.6 cm³/mol. The molecule has 3 nitrogen and oxygen atoms in total. The minimum absolute atomic E-state index is 0.565. The zero-order chi connectivity index (χ0) is 12.7. The average molecular weight is 259 g/mol. The second-order valence-electron chi connectivity index (χ2n) is 4.16. The lowest BCUT2D eigenvalue weighted by atomic mass is 10.1. The van der Waals surface area contributed by atoms with Crippen molar-refractivity contribution in [3.63, 3.8) is 0 Å². The molecule has 90 valence electrons. The molecule has 0 amide bonds. The topological polar surface area (TPSA) is 52.0 Å². The van der Waals surface area contributed by atoms with Crippen LogP contribution in [-0.2, 0) is 0 Å². The van der Waals surface area contributed by atoms with Gasteiger partial charge >= 0.3 is 0 Å². The van der Waals surface area contributed by atoms with Gasteiger partial charge in [0.05, 0.1) is 0 Å². The van der Waals surface area contributed by atoms with Crippen LogP contribution in [0.15, 0.2) is 40.8 Å². The minimum atomic E-state index is 0.565. The maximum Gasteiger partial charge on any atom is 0.227 e. The first kappa shape index (κ1) is 11.1. The van der Waals surface area contributed by atoms with E-state index < -0.39 is 0 Å². The van der Waals surface area contributed by atoms with E-state index in [0.29, 0.717) is 16.6 Å². The third-order valence-corrected chi connectivity index (χ3v) is 3.32. The molecule has 3 aromatic rings. The number of nitrogens with zero attached hydrogens (tertiary/aromatic N) is 1. The number of anilines is 1. The number of halogens is 1. The number of rotatable bonds is 1. The molecule has 1 heterocycles. The van der Waals surface area contributed by atoms with E-state index in [1.807, 2.05) is 31.2 Å². The maximum absolute atomic E-state index is 6.10. The van der Waals surface area contributed by atoms with Gasteiger partial charge in [-0.15, -0.1) is 0 Å². The Morgan fingerprint density at radius 3 is 2.89 bits per heavy atom. The largest absolute Gasteiger partial charge is 0.436 e. The Kier molecular flexibility index (Phi) is 2.49. The van der Waals surface area contributed by atoms with E-state index in [-0.39, 0.29) is 0 Å². The molecule has 0 radical (unpaired) electrons. The van der Waals surface area contributed by atoms with Gasteiger partial charge in [0, 0.05) is 16.3 Å². The molecular weight excluding hydrogens is 248 g/mol. The number of fused-ring (bicyclic) bond motifs is 1. The third-order valence-electron chi connectivity index (χ3n) is 2.91. The molecule has 0 fully saturated rings. The first-order chi connectivity index (χ1) is 8.65. The second kappa shape index (κ2) is 4.03. The van der Waals surface area contributed by atoms with E-state index in [1.54, 1.807) is 12.1 Å². The highest BCUT2D eigenvalue weighted by Gasteiger charge is 2.11. The molecule has 0 unspecified atom stereocenters. The Balaban J connectivity index is 2.22. The Morgan fingerprint density at radius 1 is 1.22 bits per heavy atom. The van der Waals surface area contributed by atoms with E-state index >= 15 is 0 Å². The summed E-state index contributed by atoms with van der Waals surface area (Å²) < 4.78 is 5.72. The third kappa shape index (κ3) is 1.73. The molecule has 0 spiro atoms. The molecule has 0 atom stereocenters. The number of nitrogens with two attached hydrogens (primary N) is 1. The van der Waals surface area contributed by atoms with Crippen LogP contribution in [0.1, 0.15) is 5.56 Å². The fourth-order valence-corrected chi connectivity index (χ4v) is 2.07. The van der Waals surface area contributed by atoms with E-state index in [1.165, 1.54) is 0 Å². The molecule has 2 N–H and O–H groups in total. The number of hydrogen-bond donors (Lipinski definition) is 1. The van der Waals surface area contributed by atoms with Crippen molar-refractivity contribution in [2.75, 3.05) is 5.73 Å². The van der Waals surface area contributed by atoms with Crippen LogP contribution in [-0.4, -0.2) is 4.98 Å². The molecule has 0 aliphatic carbocycles. The molecule has 0 aliphatic rings. The standard InChI is InChI=1S/C14H11ClN2O/c1-8-10(3-2-4-11(8)15)14-17-12-7-9(16)5-6-13(12)18-14/h2-7H,16H2,1H3. The molecule has 0 saturated heterocycles. The van der Waals surface area contributed by atoms with Gasteiger partial charge in [-0.3, -0.25) is 0 Å². The van der Waals surface area contributed by atoms with Gasteiger partial charge in [-0.1, -0.05) is 17.7 Å². The van der Waals surface area contributed by atoms with Crippen molar-refractivity contribution >= 4 is 28.4 Å². The summed E-state index contributed by atoms with van der Waals surface area (Å²) in [6.45, 7) is 1.95. The SMILES string of the molecule is Cc1c(Cl)cccc1-c1nc2cc(N)ccc2o1. The minimum Gasteiger partial charge on any atom is -0.436 e. The van der Waals surface area contributed by atoms with Gasteiger partial charge in [-0.05, 0) is 42.8 Å². The summed E-state index contributed by atoms with van der Waals surface area (Å²) in [4.78, 5) is 4.44. The second-order valence-corrected chi connectivity index (χ2v) is 4.57. The van der Waals surface area contributed by atoms with E-state index in [4.69, 9.17) is 21.8 Å². The lowest BCUT2D eigenvalue weighted by Crippen LogP contribution is -1.84. The van der Waals surface area contributed by atoms with Crippen molar-refractivity contribution in [2.45, 2.75) is 6.92 Å². The van der Waals surface area contributed by atoms with Crippen molar-refractivity contribution < 1.29 is 4.42 Å². The maximum atomic E-state index is 6.10. The summed E-state index contributed by atoms with van der Waals surface area (Å²) in [5, 5.41) is 0.703. The summed E-state index contributed by atoms with van der Waals surface area (Å²) in [6, 6.07) is 11.1. The summed E-state index contributed by atoms with van der Waals surface area (Å²) in [6.07, 6.45) is 0. The average Bonchev–Trinajstić information content (AvgIpc) is 2.75. The molecular formula is C14H11ClN2O. The smallest absolute Gasteiger partial charge is 0.227 e.